The van der Waals surface area contributed by atoms with Gasteiger partial charge in [0.15, 0.2) is 0 Å². The first kappa shape index (κ1) is 15.1. The number of thiazole rings is 1. The summed E-state index contributed by atoms with van der Waals surface area (Å²) in [5, 5.41) is 5.23. The first-order valence-electron chi connectivity index (χ1n) is 6.21. The number of nitrogens with zero attached hydrogens (tertiary/aromatic N) is 2. The summed E-state index contributed by atoms with van der Waals surface area (Å²) in [4.78, 5) is 18.2. The van der Waals surface area contributed by atoms with Gasteiger partial charge in [-0.05, 0) is 26.3 Å². The molecule has 0 unspecified atom stereocenters. The lowest BCUT2D eigenvalue weighted by Gasteiger charge is -2.28. The van der Waals surface area contributed by atoms with Crippen LogP contribution in [0.3, 0.4) is 0 Å². The Hall–Kier alpha value is -0.940. The summed E-state index contributed by atoms with van der Waals surface area (Å²) in [6.45, 7) is 9.85. The van der Waals surface area contributed by atoms with Crippen molar-refractivity contribution in [1.82, 2.24) is 10.3 Å². The van der Waals surface area contributed by atoms with Gasteiger partial charge in [-0.15, -0.1) is 11.3 Å². The van der Waals surface area contributed by atoms with Gasteiger partial charge < -0.3 is 5.32 Å². The van der Waals surface area contributed by atoms with E-state index in [0.717, 1.165) is 12.4 Å². The summed E-state index contributed by atoms with van der Waals surface area (Å²) in [5.74, 6) is 1.40. The zero-order valence-corrected chi connectivity index (χ0v) is 12.7. The molecule has 1 rings (SSSR count). The minimum atomic E-state index is -0.423. The number of hydrogen-bond acceptors (Lipinski definition) is 4. The highest BCUT2D eigenvalue weighted by atomic mass is 32.1. The maximum atomic E-state index is 12.4. The van der Waals surface area contributed by atoms with Crippen LogP contribution in [-0.2, 0) is 4.79 Å². The SMILES string of the molecule is CC(C)CNCC(C)(C)C(=O)N(C)c1cscn1. The van der Waals surface area contributed by atoms with Gasteiger partial charge in [0, 0.05) is 19.0 Å². The maximum absolute atomic E-state index is 12.4. The van der Waals surface area contributed by atoms with E-state index in [1.54, 1.807) is 17.5 Å². The van der Waals surface area contributed by atoms with E-state index >= 15 is 0 Å². The number of aromatic nitrogens is 1. The Balaban J connectivity index is 2.58. The van der Waals surface area contributed by atoms with Crippen LogP contribution in [0.15, 0.2) is 10.9 Å². The second kappa shape index (κ2) is 6.29. The molecule has 1 aromatic heterocycles. The molecular weight excluding hydrogens is 246 g/mol. The van der Waals surface area contributed by atoms with E-state index < -0.39 is 5.41 Å². The van der Waals surface area contributed by atoms with Crippen LogP contribution >= 0.6 is 11.3 Å². The molecule has 0 aromatic carbocycles. The van der Waals surface area contributed by atoms with Gasteiger partial charge >= 0.3 is 0 Å². The van der Waals surface area contributed by atoms with Crippen molar-refractivity contribution in [2.24, 2.45) is 11.3 Å². The number of carbonyl (C=O) groups excluding carboxylic acids is 1. The van der Waals surface area contributed by atoms with E-state index in [0.29, 0.717) is 12.5 Å². The van der Waals surface area contributed by atoms with Crippen molar-refractivity contribution in [3.8, 4) is 0 Å². The molecule has 0 saturated carbocycles. The van der Waals surface area contributed by atoms with Crippen LogP contribution in [0.25, 0.3) is 0 Å². The zero-order valence-electron chi connectivity index (χ0n) is 11.9. The fourth-order valence-corrected chi connectivity index (χ4v) is 2.25. The number of carbonyl (C=O) groups is 1. The van der Waals surface area contributed by atoms with Crippen LogP contribution in [0.2, 0.25) is 0 Å². The van der Waals surface area contributed by atoms with Crippen molar-refractivity contribution >= 4 is 23.1 Å². The molecule has 0 bridgehead atoms. The van der Waals surface area contributed by atoms with Crippen LogP contribution < -0.4 is 10.2 Å². The lowest BCUT2D eigenvalue weighted by atomic mass is 9.91. The highest BCUT2D eigenvalue weighted by Crippen LogP contribution is 2.22. The van der Waals surface area contributed by atoms with E-state index in [1.807, 2.05) is 19.2 Å². The number of nitrogens with one attached hydrogen (secondary N) is 1. The zero-order chi connectivity index (χ0) is 13.8. The Labute approximate surface area is 113 Å². The molecule has 1 amide bonds. The van der Waals surface area contributed by atoms with E-state index in [4.69, 9.17) is 0 Å². The maximum Gasteiger partial charge on any atom is 0.234 e. The van der Waals surface area contributed by atoms with Gasteiger partial charge in [-0.3, -0.25) is 9.69 Å². The standard InChI is InChI=1S/C13H23N3OS/c1-10(2)6-14-8-13(3,4)12(17)16(5)11-7-18-9-15-11/h7,9-10,14H,6,8H2,1-5H3. The average Bonchev–Trinajstić information content (AvgIpc) is 2.79. The highest BCUT2D eigenvalue weighted by molar-refractivity contribution is 7.07. The van der Waals surface area contributed by atoms with Crippen LogP contribution in [0.5, 0.6) is 0 Å². The molecule has 0 spiro atoms. The van der Waals surface area contributed by atoms with Crippen molar-refractivity contribution in [1.29, 1.82) is 0 Å². The van der Waals surface area contributed by atoms with E-state index in [2.05, 4.69) is 24.1 Å². The van der Waals surface area contributed by atoms with Crippen LogP contribution in [0.1, 0.15) is 27.7 Å². The largest absolute Gasteiger partial charge is 0.315 e. The van der Waals surface area contributed by atoms with Crippen molar-refractivity contribution in [3.63, 3.8) is 0 Å². The Morgan fingerprint density at radius 2 is 2.22 bits per heavy atom. The summed E-state index contributed by atoms with van der Waals surface area (Å²) in [7, 11) is 1.78. The molecule has 1 heterocycles. The number of amides is 1. The van der Waals surface area contributed by atoms with Crippen molar-refractivity contribution in [3.05, 3.63) is 10.9 Å². The summed E-state index contributed by atoms with van der Waals surface area (Å²) < 4.78 is 0. The van der Waals surface area contributed by atoms with Gasteiger partial charge in [0.25, 0.3) is 0 Å². The molecule has 0 radical (unpaired) electrons. The molecule has 18 heavy (non-hydrogen) atoms. The topological polar surface area (TPSA) is 45.2 Å². The van der Waals surface area contributed by atoms with Gasteiger partial charge in [0.1, 0.15) is 5.82 Å². The minimum Gasteiger partial charge on any atom is -0.315 e. The summed E-state index contributed by atoms with van der Waals surface area (Å²) in [5.41, 5.74) is 1.32. The molecule has 0 fully saturated rings. The van der Waals surface area contributed by atoms with Crippen LogP contribution in [0.4, 0.5) is 5.82 Å². The van der Waals surface area contributed by atoms with E-state index in [-0.39, 0.29) is 5.91 Å². The molecule has 0 atom stereocenters. The second-order valence-electron chi connectivity index (χ2n) is 5.62. The molecule has 0 aliphatic carbocycles. The van der Waals surface area contributed by atoms with Crippen molar-refractivity contribution < 1.29 is 4.79 Å². The van der Waals surface area contributed by atoms with Gasteiger partial charge in [0.05, 0.1) is 10.9 Å². The number of anilines is 1. The third-order valence-electron chi connectivity index (χ3n) is 2.77. The minimum absolute atomic E-state index is 0.0876. The Morgan fingerprint density at radius 3 is 2.72 bits per heavy atom. The summed E-state index contributed by atoms with van der Waals surface area (Å²) in [6, 6.07) is 0. The number of rotatable bonds is 6. The predicted molar refractivity (Wildman–Crippen MR) is 77.0 cm³/mol. The Kier molecular flexibility index (Phi) is 5.28. The van der Waals surface area contributed by atoms with Crippen molar-refractivity contribution in [2.75, 3.05) is 25.0 Å². The quantitative estimate of drug-likeness (QED) is 0.862. The monoisotopic (exact) mass is 269 g/mol. The third kappa shape index (κ3) is 4.07. The second-order valence-corrected chi connectivity index (χ2v) is 6.34. The first-order chi connectivity index (χ1) is 8.34. The van der Waals surface area contributed by atoms with Gasteiger partial charge in [-0.2, -0.15) is 0 Å². The van der Waals surface area contributed by atoms with E-state index in [1.165, 1.54) is 11.3 Å². The first-order valence-corrected chi connectivity index (χ1v) is 7.16. The molecule has 1 N–H and O–H groups in total. The molecule has 0 aliphatic rings. The normalized spacial score (nSPS) is 11.9. The average molecular weight is 269 g/mol. The fraction of sp³-hybridized carbons (Fsp3) is 0.692. The molecule has 0 saturated heterocycles. The number of hydrogen-bond donors (Lipinski definition) is 1. The van der Waals surface area contributed by atoms with Gasteiger partial charge in [-0.1, -0.05) is 13.8 Å². The lowest BCUT2D eigenvalue weighted by molar-refractivity contribution is -0.126. The Bertz CT molecular complexity index is 374. The van der Waals surface area contributed by atoms with Crippen LogP contribution in [-0.4, -0.2) is 31.0 Å². The van der Waals surface area contributed by atoms with Gasteiger partial charge in [-0.25, -0.2) is 4.98 Å². The summed E-state index contributed by atoms with van der Waals surface area (Å²) in [6.07, 6.45) is 0. The highest BCUT2D eigenvalue weighted by Gasteiger charge is 2.31. The predicted octanol–water partition coefficient (Wildman–Crippen LogP) is 2.38. The van der Waals surface area contributed by atoms with E-state index in [9.17, 15) is 4.79 Å². The Morgan fingerprint density at radius 1 is 1.56 bits per heavy atom. The van der Waals surface area contributed by atoms with Crippen LogP contribution in [0, 0.1) is 11.3 Å². The van der Waals surface area contributed by atoms with Crippen molar-refractivity contribution in [2.45, 2.75) is 27.7 Å². The lowest BCUT2D eigenvalue weighted by Crippen LogP contribution is -2.45. The summed E-state index contributed by atoms with van der Waals surface area (Å²) >= 11 is 1.50. The molecule has 1 aromatic rings. The molecule has 5 heteroatoms. The molecule has 102 valence electrons. The molecular formula is C13H23N3OS. The molecule has 4 nitrogen and oxygen atoms in total. The third-order valence-corrected chi connectivity index (χ3v) is 3.34. The van der Waals surface area contributed by atoms with Gasteiger partial charge in [0.2, 0.25) is 5.91 Å². The fourth-order valence-electron chi connectivity index (χ4n) is 1.68. The molecule has 0 aliphatic heterocycles. The smallest absolute Gasteiger partial charge is 0.234 e.